The summed E-state index contributed by atoms with van der Waals surface area (Å²) in [4.78, 5) is 25.9. The topological polar surface area (TPSA) is 105 Å². The van der Waals surface area contributed by atoms with E-state index in [0.717, 1.165) is 12.8 Å². The quantitative estimate of drug-likeness (QED) is 0.763. The van der Waals surface area contributed by atoms with Crippen molar-refractivity contribution in [2.24, 2.45) is 5.73 Å². The number of halogens is 1. The third-order valence-electron chi connectivity index (χ3n) is 4.51. The van der Waals surface area contributed by atoms with Crippen molar-refractivity contribution in [1.29, 1.82) is 0 Å². The molecule has 1 aliphatic rings. The summed E-state index contributed by atoms with van der Waals surface area (Å²) < 4.78 is 15.0. The molecule has 144 valence electrons. The van der Waals surface area contributed by atoms with E-state index < -0.39 is 17.9 Å². The molecule has 0 bridgehead atoms. The van der Waals surface area contributed by atoms with E-state index in [9.17, 15) is 14.0 Å². The van der Waals surface area contributed by atoms with Crippen LogP contribution in [0.5, 0.6) is 0 Å². The standard InChI is InChI=1S/C18H23FN6O2/c1-12(20)17(26)24-9-6-15(7-10-24)25-16(5-8-21-25)23-18(27)22-14-4-2-3-13(19)11-14/h2-5,8,11-12,15H,6-7,9-10,20H2,1H3,(H2,22,23,27)/t12-/m0/s1. The van der Waals surface area contributed by atoms with Gasteiger partial charge in [-0.1, -0.05) is 6.07 Å². The van der Waals surface area contributed by atoms with Crippen molar-refractivity contribution >= 4 is 23.4 Å². The highest BCUT2D eigenvalue weighted by atomic mass is 19.1. The van der Waals surface area contributed by atoms with Crippen LogP contribution in [-0.2, 0) is 4.79 Å². The number of carbonyl (C=O) groups is 2. The molecule has 1 aliphatic heterocycles. The zero-order chi connectivity index (χ0) is 19.4. The Bertz CT molecular complexity index is 814. The third kappa shape index (κ3) is 4.62. The van der Waals surface area contributed by atoms with E-state index in [1.807, 2.05) is 0 Å². The van der Waals surface area contributed by atoms with Gasteiger partial charge in [0.05, 0.1) is 18.3 Å². The van der Waals surface area contributed by atoms with Gasteiger partial charge in [0.2, 0.25) is 5.91 Å². The number of urea groups is 1. The largest absolute Gasteiger partial charge is 0.341 e. The Morgan fingerprint density at radius 1 is 1.26 bits per heavy atom. The fourth-order valence-electron chi connectivity index (χ4n) is 3.17. The minimum atomic E-state index is -0.505. The molecule has 27 heavy (non-hydrogen) atoms. The lowest BCUT2D eigenvalue weighted by molar-refractivity contribution is -0.133. The summed E-state index contributed by atoms with van der Waals surface area (Å²) in [6, 6.07) is 6.45. The van der Waals surface area contributed by atoms with Crippen LogP contribution in [0.4, 0.5) is 20.7 Å². The molecule has 0 radical (unpaired) electrons. The molecular formula is C18H23FN6O2. The molecule has 9 heteroatoms. The van der Waals surface area contributed by atoms with Crippen molar-refractivity contribution < 1.29 is 14.0 Å². The van der Waals surface area contributed by atoms with Crippen LogP contribution in [0.2, 0.25) is 0 Å². The van der Waals surface area contributed by atoms with Gasteiger partial charge < -0.3 is 16.0 Å². The number of hydrogen-bond acceptors (Lipinski definition) is 4. The number of anilines is 2. The number of nitrogens with one attached hydrogen (secondary N) is 2. The SMILES string of the molecule is C[C@H](N)C(=O)N1CCC(n2nccc2NC(=O)Nc2cccc(F)c2)CC1. The molecule has 4 N–H and O–H groups in total. The Hall–Kier alpha value is -2.94. The Balaban J connectivity index is 1.60. The smallest absolute Gasteiger partial charge is 0.324 e. The maximum Gasteiger partial charge on any atom is 0.324 e. The number of likely N-dealkylation sites (tertiary alicyclic amines) is 1. The van der Waals surface area contributed by atoms with Crippen LogP contribution in [-0.4, -0.2) is 45.8 Å². The number of piperidine rings is 1. The monoisotopic (exact) mass is 374 g/mol. The van der Waals surface area contributed by atoms with E-state index in [1.54, 1.807) is 34.8 Å². The summed E-state index contributed by atoms with van der Waals surface area (Å²) in [5, 5.41) is 9.63. The maximum atomic E-state index is 13.2. The minimum Gasteiger partial charge on any atom is -0.341 e. The van der Waals surface area contributed by atoms with E-state index in [-0.39, 0.29) is 11.9 Å². The second kappa shape index (κ2) is 8.17. The van der Waals surface area contributed by atoms with Crippen LogP contribution in [0.25, 0.3) is 0 Å². The van der Waals surface area contributed by atoms with Crippen LogP contribution in [0, 0.1) is 5.82 Å². The molecule has 1 atom stereocenters. The van der Waals surface area contributed by atoms with Crippen molar-refractivity contribution in [3.63, 3.8) is 0 Å². The van der Waals surface area contributed by atoms with E-state index in [1.165, 1.54) is 18.2 Å². The molecule has 1 saturated heterocycles. The molecule has 1 fully saturated rings. The Labute approximate surface area is 156 Å². The number of nitrogens with zero attached hydrogens (tertiary/aromatic N) is 3. The first-order chi connectivity index (χ1) is 12.9. The maximum absolute atomic E-state index is 13.2. The molecule has 0 spiro atoms. The average Bonchev–Trinajstić information content (AvgIpc) is 3.09. The highest BCUT2D eigenvalue weighted by molar-refractivity contribution is 5.99. The molecule has 2 aromatic rings. The lowest BCUT2D eigenvalue weighted by atomic mass is 10.0. The molecule has 1 aromatic heterocycles. The van der Waals surface area contributed by atoms with Crippen molar-refractivity contribution in [2.45, 2.75) is 31.8 Å². The molecule has 1 aromatic carbocycles. The number of carbonyl (C=O) groups excluding carboxylic acids is 2. The molecule has 0 unspecified atom stereocenters. The zero-order valence-corrected chi connectivity index (χ0v) is 15.1. The summed E-state index contributed by atoms with van der Waals surface area (Å²) in [7, 11) is 0. The molecule has 2 heterocycles. The van der Waals surface area contributed by atoms with Crippen molar-refractivity contribution in [3.8, 4) is 0 Å². The number of rotatable bonds is 4. The van der Waals surface area contributed by atoms with Gasteiger partial charge in [-0.2, -0.15) is 5.10 Å². The lowest BCUT2D eigenvalue weighted by Crippen LogP contribution is -2.46. The van der Waals surface area contributed by atoms with Crippen molar-refractivity contribution in [3.05, 3.63) is 42.3 Å². The van der Waals surface area contributed by atoms with E-state index in [2.05, 4.69) is 15.7 Å². The van der Waals surface area contributed by atoms with E-state index in [0.29, 0.717) is 24.6 Å². The molecular weight excluding hydrogens is 351 g/mol. The van der Waals surface area contributed by atoms with Crippen molar-refractivity contribution in [2.75, 3.05) is 23.7 Å². The number of aromatic nitrogens is 2. The first-order valence-electron chi connectivity index (χ1n) is 8.85. The summed E-state index contributed by atoms with van der Waals surface area (Å²) in [6.45, 7) is 2.88. The lowest BCUT2D eigenvalue weighted by Gasteiger charge is -2.33. The Morgan fingerprint density at radius 3 is 2.67 bits per heavy atom. The first-order valence-corrected chi connectivity index (χ1v) is 8.85. The normalized spacial score (nSPS) is 16.0. The van der Waals surface area contributed by atoms with E-state index >= 15 is 0 Å². The summed E-state index contributed by atoms with van der Waals surface area (Å²) in [5.41, 5.74) is 6.02. The van der Waals surface area contributed by atoms with Crippen LogP contribution < -0.4 is 16.4 Å². The van der Waals surface area contributed by atoms with Crippen molar-refractivity contribution in [1.82, 2.24) is 14.7 Å². The van der Waals surface area contributed by atoms with E-state index in [4.69, 9.17) is 5.73 Å². The number of hydrogen-bond donors (Lipinski definition) is 3. The molecule has 0 saturated carbocycles. The molecule has 3 rings (SSSR count). The second-order valence-electron chi connectivity index (χ2n) is 6.60. The van der Waals surface area contributed by atoms with Gasteiger partial charge in [-0.15, -0.1) is 0 Å². The average molecular weight is 374 g/mol. The fourth-order valence-corrected chi connectivity index (χ4v) is 3.17. The molecule has 0 aliphatic carbocycles. The number of amides is 3. The predicted molar refractivity (Wildman–Crippen MR) is 99.8 cm³/mol. The Morgan fingerprint density at radius 2 is 2.00 bits per heavy atom. The van der Waals surface area contributed by atoms with Gasteiger partial charge in [0, 0.05) is 24.8 Å². The number of benzene rings is 1. The van der Waals surface area contributed by atoms with Gasteiger partial charge >= 0.3 is 6.03 Å². The number of nitrogens with two attached hydrogens (primary N) is 1. The fraction of sp³-hybridized carbons (Fsp3) is 0.389. The highest BCUT2D eigenvalue weighted by Crippen LogP contribution is 2.25. The summed E-state index contributed by atoms with van der Waals surface area (Å²) in [5.74, 6) is 0.0635. The van der Waals surface area contributed by atoms with Gasteiger partial charge in [-0.3, -0.25) is 10.1 Å². The highest BCUT2D eigenvalue weighted by Gasteiger charge is 2.27. The predicted octanol–water partition coefficient (Wildman–Crippen LogP) is 2.18. The summed E-state index contributed by atoms with van der Waals surface area (Å²) >= 11 is 0. The van der Waals surface area contributed by atoms with Gasteiger partial charge in [0.1, 0.15) is 11.6 Å². The van der Waals surface area contributed by atoms with Gasteiger partial charge in [0.25, 0.3) is 0 Å². The molecule has 8 nitrogen and oxygen atoms in total. The third-order valence-corrected chi connectivity index (χ3v) is 4.51. The van der Waals surface area contributed by atoms with Gasteiger partial charge in [-0.25, -0.2) is 13.9 Å². The zero-order valence-electron chi connectivity index (χ0n) is 15.1. The minimum absolute atomic E-state index is 0.0539. The van der Waals surface area contributed by atoms with Gasteiger partial charge in [-0.05, 0) is 38.0 Å². The van der Waals surface area contributed by atoms with Crippen LogP contribution >= 0.6 is 0 Å². The van der Waals surface area contributed by atoms with Gasteiger partial charge in [0.15, 0.2) is 0 Å². The summed E-state index contributed by atoms with van der Waals surface area (Å²) in [6.07, 6.45) is 3.05. The van der Waals surface area contributed by atoms with Crippen LogP contribution in [0.15, 0.2) is 36.5 Å². The molecule has 3 amide bonds. The first kappa shape index (κ1) is 18.8. The second-order valence-corrected chi connectivity index (χ2v) is 6.60. The van der Waals surface area contributed by atoms with Crippen LogP contribution in [0.3, 0.4) is 0 Å². The Kier molecular flexibility index (Phi) is 5.70. The van der Waals surface area contributed by atoms with Crippen LogP contribution in [0.1, 0.15) is 25.8 Å².